The highest BCUT2D eigenvalue weighted by Gasteiger charge is 2.29. The van der Waals surface area contributed by atoms with Crippen molar-refractivity contribution in [3.8, 4) is 5.75 Å². The second-order valence-corrected chi connectivity index (χ2v) is 6.69. The number of aromatic amines is 1. The molecule has 1 atom stereocenters. The molecule has 29 heavy (non-hydrogen) atoms. The fourth-order valence-corrected chi connectivity index (χ4v) is 3.40. The molecule has 0 fully saturated rings. The fourth-order valence-electron chi connectivity index (χ4n) is 3.12. The van der Waals surface area contributed by atoms with Crippen molar-refractivity contribution >= 4 is 40.3 Å². The van der Waals surface area contributed by atoms with Gasteiger partial charge in [-0.3, -0.25) is 20.0 Å². The van der Waals surface area contributed by atoms with Gasteiger partial charge in [0.15, 0.2) is 6.10 Å². The number of nitro groups is 1. The van der Waals surface area contributed by atoms with Crippen molar-refractivity contribution in [2.24, 2.45) is 0 Å². The van der Waals surface area contributed by atoms with E-state index in [9.17, 15) is 19.7 Å². The van der Waals surface area contributed by atoms with E-state index in [1.165, 1.54) is 24.3 Å². The highest BCUT2D eigenvalue weighted by molar-refractivity contribution is 6.35. The first-order valence-electron chi connectivity index (χ1n) is 8.46. The Kier molecular flexibility index (Phi) is 4.77. The lowest BCUT2D eigenvalue weighted by atomic mass is 9.99. The quantitative estimate of drug-likeness (QED) is 0.290. The van der Waals surface area contributed by atoms with Crippen molar-refractivity contribution in [2.45, 2.75) is 19.1 Å². The van der Waals surface area contributed by atoms with Gasteiger partial charge >= 0.3 is 6.16 Å². The van der Waals surface area contributed by atoms with Crippen molar-refractivity contribution in [3.63, 3.8) is 0 Å². The lowest BCUT2D eigenvalue weighted by molar-refractivity contribution is -0.384. The number of hydrogen-bond acceptors (Lipinski definition) is 7. The van der Waals surface area contributed by atoms with Crippen molar-refractivity contribution < 1.29 is 24.0 Å². The maximum atomic E-state index is 12.4. The Balaban J connectivity index is 1.51. The van der Waals surface area contributed by atoms with E-state index in [1.807, 2.05) is 0 Å². The van der Waals surface area contributed by atoms with Crippen LogP contribution in [0.25, 0.3) is 10.9 Å². The predicted octanol–water partition coefficient (Wildman–Crippen LogP) is 2.88. The summed E-state index contributed by atoms with van der Waals surface area (Å²) in [6.07, 6.45) is -0.492. The van der Waals surface area contributed by atoms with Crippen molar-refractivity contribution in [1.29, 1.82) is 0 Å². The number of fused-ring (bicyclic) bond motifs is 3. The second kappa shape index (κ2) is 7.40. The first-order valence-corrected chi connectivity index (χ1v) is 8.84. The lowest BCUT2D eigenvalue weighted by Crippen LogP contribution is -2.37. The van der Waals surface area contributed by atoms with Gasteiger partial charge in [-0.25, -0.2) is 4.79 Å². The molecule has 3 aromatic rings. The SMILES string of the molecule is O=C(Oc1ccc([N+](=O)[O-])cc1)O[C@@H]1Cc2cc(Cl)c3[nH]ncc3c2CNC1=O. The van der Waals surface area contributed by atoms with Crippen LogP contribution in [0, 0.1) is 10.1 Å². The van der Waals surface area contributed by atoms with E-state index in [2.05, 4.69) is 15.5 Å². The smallest absolute Gasteiger partial charge is 0.420 e. The molecule has 4 rings (SSSR count). The van der Waals surface area contributed by atoms with Crippen LogP contribution in [0.4, 0.5) is 10.5 Å². The number of aromatic nitrogens is 2. The van der Waals surface area contributed by atoms with Gasteiger partial charge in [0.1, 0.15) is 5.75 Å². The largest absolute Gasteiger partial charge is 0.514 e. The molecule has 2 N–H and O–H groups in total. The molecule has 1 aromatic heterocycles. The van der Waals surface area contributed by atoms with Gasteiger partial charge in [-0.05, 0) is 29.3 Å². The van der Waals surface area contributed by atoms with Crippen LogP contribution in [-0.4, -0.2) is 33.3 Å². The van der Waals surface area contributed by atoms with E-state index < -0.39 is 23.1 Å². The van der Waals surface area contributed by atoms with Crippen LogP contribution in [0.5, 0.6) is 5.75 Å². The number of carbonyl (C=O) groups is 2. The molecule has 0 unspecified atom stereocenters. The zero-order valence-corrected chi connectivity index (χ0v) is 15.4. The molecule has 2 heterocycles. The monoisotopic (exact) mass is 416 g/mol. The van der Waals surface area contributed by atoms with E-state index in [0.29, 0.717) is 10.5 Å². The molecule has 0 saturated carbocycles. The van der Waals surface area contributed by atoms with Crippen LogP contribution in [0.1, 0.15) is 11.1 Å². The van der Waals surface area contributed by atoms with E-state index in [4.69, 9.17) is 21.1 Å². The summed E-state index contributed by atoms with van der Waals surface area (Å²) < 4.78 is 10.2. The van der Waals surface area contributed by atoms with E-state index in [-0.39, 0.29) is 24.4 Å². The van der Waals surface area contributed by atoms with Crippen molar-refractivity contribution in [1.82, 2.24) is 15.5 Å². The molecular weight excluding hydrogens is 404 g/mol. The predicted molar refractivity (Wildman–Crippen MR) is 101 cm³/mol. The number of benzene rings is 2. The number of hydrogen-bond donors (Lipinski definition) is 2. The zero-order valence-electron chi connectivity index (χ0n) is 14.7. The summed E-state index contributed by atoms with van der Waals surface area (Å²) >= 11 is 6.26. The van der Waals surface area contributed by atoms with Crippen LogP contribution in [0.2, 0.25) is 5.02 Å². The maximum absolute atomic E-state index is 12.4. The molecule has 0 saturated heterocycles. The van der Waals surface area contributed by atoms with E-state index in [1.54, 1.807) is 12.3 Å². The minimum atomic E-state index is -1.12. The average molecular weight is 417 g/mol. The van der Waals surface area contributed by atoms with E-state index >= 15 is 0 Å². The third kappa shape index (κ3) is 3.69. The van der Waals surface area contributed by atoms with Crippen LogP contribution in [0.15, 0.2) is 36.5 Å². The minimum Gasteiger partial charge on any atom is -0.420 e. The number of non-ortho nitro benzene ring substituents is 1. The fraction of sp³-hybridized carbons (Fsp3) is 0.167. The number of ether oxygens (including phenoxy) is 2. The summed E-state index contributed by atoms with van der Waals surface area (Å²) in [5, 5.41) is 21.4. The molecule has 11 heteroatoms. The molecule has 0 spiro atoms. The number of nitrogens with zero attached hydrogens (tertiary/aromatic N) is 2. The average Bonchev–Trinajstić information content (AvgIpc) is 3.12. The molecule has 0 radical (unpaired) electrons. The Bertz CT molecular complexity index is 1130. The van der Waals surface area contributed by atoms with Gasteiger partial charge in [-0.1, -0.05) is 11.6 Å². The summed E-state index contributed by atoms with van der Waals surface area (Å²) in [6.45, 7) is 0.235. The topological polar surface area (TPSA) is 136 Å². The first kappa shape index (κ1) is 18.7. The minimum absolute atomic E-state index is 0.0539. The Hall–Kier alpha value is -3.66. The summed E-state index contributed by atoms with van der Waals surface area (Å²) in [5.41, 5.74) is 2.10. The van der Waals surface area contributed by atoms with Crippen LogP contribution < -0.4 is 10.1 Å². The highest BCUT2D eigenvalue weighted by Crippen LogP contribution is 2.30. The number of amides is 1. The molecular formula is C18H13ClN4O6. The standard InChI is InChI=1S/C18H13ClN4O6/c19-14-5-9-6-15(17(24)20-7-12(9)13-8-21-22-16(13)14)29-18(25)28-11-3-1-10(2-4-11)23(26)27/h1-5,8,15H,6-7H2,(H,20,24)(H,21,22)/t15-/m1/s1. The van der Waals surface area contributed by atoms with Gasteiger partial charge in [0.05, 0.1) is 21.7 Å². The summed E-state index contributed by atoms with van der Waals surface area (Å²) in [4.78, 5) is 34.6. The number of halogens is 1. The van der Waals surface area contributed by atoms with Gasteiger partial charge in [0.25, 0.3) is 11.6 Å². The first-order chi connectivity index (χ1) is 13.9. The Morgan fingerprint density at radius 3 is 2.79 bits per heavy atom. The van der Waals surface area contributed by atoms with Crippen molar-refractivity contribution in [3.05, 3.63) is 62.8 Å². The normalized spacial score (nSPS) is 15.9. The molecule has 2 aromatic carbocycles. The number of carbonyl (C=O) groups excluding carboxylic acids is 2. The van der Waals surface area contributed by atoms with E-state index in [0.717, 1.165) is 16.5 Å². The van der Waals surface area contributed by atoms with Gasteiger partial charge in [-0.15, -0.1) is 0 Å². The molecule has 10 nitrogen and oxygen atoms in total. The van der Waals surface area contributed by atoms with Crippen LogP contribution >= 0.6 is 11.6 Å². The molecule has 1 aliphatic rings. The molecule has 0 bridgehead atoms. The summed E-state index contributed by atoms with van der Waals surface area (Å²) in [5.74, 6) is -0.423. The third-order valence-corrected chi connectivity index (χ3v) is 4.81. The Morgan fingerprint density at radius 1 is 1.31 bits per heavy atom. The summed E-state index contributed by atoms with van der Waals surface area (Å²) in [7, 11) is 0. The van der Waals surface area contributed by atoms with Crippen LogP contribution in [-0.2, 0) is 22.5 Å². The Morgan fingerprint density at radius 2 is 2.07 bits per heavy atom. The molecule has 148 valence electrons. The van der Waals surface area contributed by atoms with Gasteiger partial charge in [-0.2, -0.15) is 5.10 Å². The highest BCUT2D eigenvalue weighted by atomic mass is 35.5. The van der Waals surface area contributed by atoms with Gasteiger partial charge in [0, 0.05) is 30.5 Å². The molecule has 1 aliphatic heterocycles. The van der Waals surface area contributed by atoms with Crippen molar-refractivity contribution in [2.75, 3.05) is 0 Å². The second-order valence-electron chi connectivity index (χ2n) is 6.29. The Labute approximate surface area is 167 Å². The number of H-pyrrole nitrogens is 1. The van der Waals surface area contributed by atoms with Crippen LogP contribution in [0.3, 0.4) is 0 Å². The maximum Gasteiger partial charge on any atom is 0.514 e. The number of nitrogens with one attached hydrogen (secondary N) is 2. The zero-order chi connectivity index (χ0) is 20.5. The summed E-state index contributed by atoms with van der Waals surface area (Å²) in [6, 6.07) is 6.61. The molecule has 0 aliphatic carbocycles. The number of nitro benzene ring substituents is 1. The molecule has 1 amide bonds. The van der Waals surface area contributed by atoms with Gasteiger partial charge in [0.2, 0.25) is 0 Å². The lowest BCUT2D eigenvalue weighted by Gasteiger charge is -2.14. The van der Waals surface area contributed by atoms with Gasteiger partial charge < -0.3 is 14.8 Å². The number of rotatable bonds is 3. The third-order valence-electron chi connectivity index (χ3n) is 4.52.